The minimum absolute atomic E-state index is 0.0386. The van der Waals surface area contributed by atoms with E-state index in [0.29, 0.717) is 18.4 Å². The predicted molar refractivity (Wildman–Crippen MR) is 129 cm³/mol. The second-order valence-corrected chi connectivity index (χ2v) is 12.0. The lowest BCUT2D eigenvalue weighted by molar-refractivity contribution is -0.385. The predicted octanol–water partition coefficient (Wildman–Crippen LogP) is 0.809. The standard InChI is InChI=1S/C18H29BrN4O8S2/c1-20(2)8-9-21(3)18(24)14-12-16(17(32(4,27)28)13-15(14)23(25)26)22(7-6-19)10-11-31-33(5,29)30/h12-13H,6-11H2,1-5H3. The van der Waals surface area contributed by atoms with Crippen molar-refractivity contribution in [2.24, 2.45) is 0 Å². The van der Waals surface area contributed by atoms with Crippen LogP contribution in [0.25, 0.3) is 0 Å². The fourth-order valence-corrected chi connectivity index (χ4v) is 4.53. The van der Waals surface area contributed by atoms with Crippen LogP contribution in [0.2, 0.25) is 0 Å². The van der Waals surface area contributed by atoms with Crippen LogP contribution in [0.4, 0.5) is 11.4 Å². The number of amides is 1. The van der Waals surface area contributed by atoms with Crippen molar-refractivity contribution >= 4 is 53.2 Å². The summed E-state index contributed by atoms with van der Waals surface area (Å²) in [6.07, 6.45) is 1.79. The number of alkyl halides is 1. The van der Waals surface area contributed by atoms with E-state index in [2.05, 4.69) is 15.9 Å². The fraction of sp³-hybridized carbons (Fsp3) is 0.611. The summed E-state index contributed by atoms with van der Waals surface area (Å²) in [5.41, 5.74) is -0.858. The number of sulfone groups is 1. The molecule has 0 unspecified atom stereocenters. The van der Waals surface area contributed by atoms with Crippen molar-refractivity contribution in [2.75, 3.05) is 76.7 Å². The Morgan fingerprint density at radius 2 is 1.67 bits per heavy atom. The van der Waals surface area contributed by atoms with Crippen molar-refractivity contribution < 1.29 is 30.7 Å². The molecule has 12 nitrogen and oxygen atoms in total. The van der Waals surface area contributed by atoms with Crippen LogP contribution in [-0.4, -0.2) is 109 Å². The second kappa shape index (κ2) is 12.1. The van der Waals surface area contributed by atoms with E-state index in [-0.39, 0.29) is 35.8 Å². The SMILES string of the molecule is CN(C)CCN(C)C(=O)c1cc(N(CCBr)CCOS(C)(=O)=O)c(S(C)(=O)=O)cc1[N+](=O)[O-]. The van der Waals surface area contributed by atoms with Crippen molar-refractivity contribution in [3.05, 3.63) is 27.8 Å². The van der Waals surface area contributed by atoms with Crippen molar-refractivity contribution in [3.8, 4) is 0 Å². The first-order chi connectivity index (χ1) is 15.1. The molecule has 0 aromatic heterocycles. The minimum Gasteiger partial charge on any atom is -0.367 e. The number of carbonyl (C=O) groups is 1. The summed E-state index contributed by atoms with van der Waals surface area (Å²) in [4.78, 5) is 28.3. The second-order valence-electron chi connectivity index (χ2n) is 7.60. The zero-order valence-corrected chi connectivity index (χ0v) is 22.4. The maximum absolute atomic E-state index is 13.0. The van der Waals surface area contributed by atoms with E-state index in [1.54, 1.807) is 0 Å². The van der Waals surface area contributed by atoms with Gasteiger partial charge >= 0.3 is 0 Å². The summed E-state index contributed by atoms with van der Waals surface area (Å²) >= 11 is 3.26. The summed E-state index contributed by atoms with van der Waals surface area (Å²) in [7, 11) is -2.54. The molecule has 188 valence electrons. The Hall–Kier alpha value is -1.81. The Morgan fingerprint density at radius 3 is 2.12 bits per heavy atom. The third kappa shape index (κ3) is 9.16. The highest BCUT2D eigenvalue weighted by atomic mass is 79.9. The lowest BCUT2D eigenvalue weighted by Crippen LogP contribution is -2.35. The van der Waals surface area contributed by atoms with Crippen LogP contribution in [0.3, 0.4) is 0 Å². The molecule has 0 heterocycles. The molecule has 0 saturated carbocycles. The molecule has 0 atom stereocenters. The molecule has 0 fully saturated rings. The minimum atomic E-state index is -3.94. The van der Waals surface area contributed by atoms with Gasteiger partial charge in [-0.1, -0.05) is 15.9 Å². The molecule has 15 heteroatoms. The largest absolute Gasteiger partial charge is 0.367 e. The number of benzene rings is 1. The molecule has 1 amide bonds. The summed E-state index contributed by atoms with van der Waals surface area (Å²) in [5.74, 6) is -0.643. The molecule has 33 heavy (non-hydrogen) atoms. The zero-order valence-electron chi connectivity index (χ0n) is 19.1. The third-order valence-corrected chi connectivity index (χ3v) is 6.56. The Bertz CT molecular complexity index is 1080. The maximum Gasteiger partial charge on any atom is 0.283 e. The average molecular weight is 573 g/mol. The van der Waals surface area contributed by atoms with E-state index in [9.17, 15) is 31.7 Å². The lowest BCUT2D eigenvalue weighted by Gasteiger charge is -2.27. The molecule has 0 aliphatic rings. The van der Waals surface area contributed by atoms with Crippen LogP contribution >= 0.6 is 15.9 Å². The van der Waals surface area contributed by atoms with Crippen molar-refractivity contribution in [3.63, 3.8) is 0 Å². The molecular formula is C18H29BrN4O8S2. The van der Waals surface area contributed by atoms with E-state index < -0.39 is 36.5 Å². The number of nitrogens with zero attached hydrogens (tertiary/aromatic N) is 4. The number of hydrogen-bond donors (Lipinski definition) is 0. The number of anilines is 1. The van der Waals surface area contributed by atoms with Gasteiger partial charge in [0.15, 0.2) is 9.84 Å². The highest BCUT2D eigenvalue weighted by Gasteiger charge is 2.30. The number of rotatable bonds is 13. The van der Waals surface area contributed by atoms with Gasteiger partial charge in [0.2, 0.25) is 0 Å². The highest BCUT2D eigenvalue weighted by Crippen LogP contribution is 2.33. The molecule has 1 aromatic rings. The first-order valence-corrected chi connectivity index (χ1v) is 14.5. The molecule has 0 radical (unpaired) electrons. The summed E-state index contributed by atoms with van der Waals surface area (Å²) in [6, 6.07) is 2.04. The lowest BCUT2D eigenvalue weighted by atomic mass is 10.1. The Labute approximate surface area is 202 Å². The molecular weight excluding hydrogens is 544 g/mol. The van der Waals surface area contributed by atoms with Crippen LogP contribution in [0.15, 0.2) is 17.0 Å². The molecule has 1 aromatic carbocycles. The maximum atomic E-state index is 13.0. The van der Waals surface area contributed by atoms with Gasteiger partial charge in [-0.3, -0.25) is 19.1 Å². The van der Waals surface area contributed by atoms with E-state index >= 15 is 0 Å². The van der Waals surface area contributed by atoms with Crippen molar-refractivity contribution in [1.82, 2.24) is 9.80 Å². The highest BCUT2D eigenvalue weighted by molar-refractivity contribution is 9.09. The first-order valence-electron chi connectivity index (χ1n) is 9.66. The number of nitro benzene ring substituents is 1. The Morgan fingerprint density at radius 1 is 1.06 bits per heavy atom. The Kier molecular flexibility index (Phi) is 10.7. The number of carbonyl (C=O) groups excluding carboxylic acids is 1. The Balaban J connectivity index is 3.62. The summed E-state index contributed by atoms with van der Waals surface area (Å²) < 4.78 is 52.3. The zero-order chi connectivity index (χ0) is 25.6. The van der Waals surface area contributed by atoms with Crippen LogP contribution in [-0.2, 0) is 24.1 Å². The van der Waals surface area contributed by atoms with Crippen LogP contribution in [0.1, 0.15) is 10.4 Å². The van der Waals surface area contributed by atoms with Gasteiger partial charge in [0.1, 0.15) is 5.56 Å². The number of halogens is 1. The topological polar surface area (TPSA) is 147 Å². The van der Waals surface area contributed by atoms with Crippen LogP contribution in [0, 0.1) is 10.1 Å². The molecule has 0 bridgehead atoms. The van der Waals surface area contributed by atoms with Gasteiger partial charge in [0.05, 0.1) is 28.4 Å². The fourth-order valence-electron chi connectivity index (χ4n) is 2.83. The summed E-state index contributed by atoms with van der Waals surface area (Å²) in [5, 5.41) is 12.1. The smallest absolute Gasteiger partial charge is 0.283 e. The van der Waals surface area contributed by atoms with Gasteiger partial charge in [0.25, 0.3) is 21.7 Å². The van der Waals surface area contributed by atoms with E-state index in [4.69, 9.17) is 4.18 Å². The van der Waals surface area contributed by atoms with Gasteiger partial charge in [-0.25, -0.2) is 8.42 Å². The van der Waals surface area contributed by atoms with E-state index in [1.165, 1.54) is 22.9 Å². The van der Waals surface area contributed by atoms with E-state index in [1.807, 2.05) is 19.0 Å². The van der Waals surface area contributed by atoms with Crippen molar-refractivity contribution in [2.45, 2.75) is 4.90 Å². The molecule has 0 aliphatic carbocycles. The molecule has 0 aliphatic heterocycles. The summed E-state index contributed by atoms with van der Waals surface area (Å²) in [6.45, 7) is 0.709. The van der Waals surface area contributed by atoms with Crippen molar-refractivity contribution in [1.29, 1.82) is 0 Å². The van der Waals surface area contributed by atoms with Gasteiger partial charge in [-0.05, 0) is 20.2 Å². The van der Waals surface area contributed by atoms with Gasteiger partial charge in [-0.2, -0.15) is 8.42 Å². The monoisotopic (exact) mass is 572 g/mol. The molecule has 1 rings (SSSR count). The van der Waals surface area contributed by atoms with Crippen LogP contribution in [0.5, 0.6) is 0 Å². The normalized spacial score (nSPS) is 12.1. The number of hydrogen-bond acceptors (Lipinski definition) is 10. The van der Waals surface area contributed by atoms with E-state index in [0.717, 1.165) is 18.6 Å². The quantitative estimate of drug-likeness (QED) is 0.144. The molecule has 0 saturated heterocycles. The molecule has 0 N–H and O–H groups in total. The first kappa shape index (κ1) is 29.2. The number of nitro groups is 1. The number of likely N-dealkylation sites (N-methyl/N-ethyl adjacent to an activating group) is 2. The average Bonchev–Trinajstić information content (AvgIpc) is 2.68. The third-order valence-electron chi connectivity index (χ3n) is 4.49. The molecule has 0 spiro atoms. The van der Waals surface area contributed by atoms with Gasteiger partial charge < -0.3 is 14.7 Å². The van der Waals surface area contributed by atoms with Crippen LogP contribution < -0.4 is 4.90 Å². The van der Waals surface area contributed by atoms with Gasteiger partial charge in [0, 0.05) is 50.9 Å². The van der Waals surface area contributed by atoms with Gasteiger partial charge in [-0.15, -0.1) is 0 Å².